The third-order valence-electron chi connectivity index (χ3n) is 3.94. The van der Waals surface area contributed by atoms with Gasteiger partial charge in [-0.3, -0.25) is 15.6 Å². The molecule has 144 valence electrons. The lowest BCUT2D eigenvalue weighted by Crippen LogP contribution is -2.43. The molecule has 1 amide bonds. The van der Waals surface area contributed by atoms with E-state index in [1.165, 1.54) is 0 Å². The maximum Gasteiger partial charge on any atom is 0.269 e. The first-order chi connectivity index (χ1) is 13.5. The number of anilines is 1. The average molecular weight is 413 g/mol. The molecule has 1 heterocycles. The molecule has 0 aliphatic rings. The molecule has 0 unspecified atom stereocenters. The Balaban J connectivity index is 1.48. The standard InChI is InChI=1S/C19H20N6OS2/c1-13-5-3-4-6-16(13)21-18(27)23-22-17(26)15-9-7-14(8-10-15)11-28-19-24-20-12-25(19)2/h3-10,12H,11H2,1-2H3,(H,22,26)(H2,21,23,27). The van der Waals surface area contributed by atoms with E-state index in [1.54, 1.807) is 30.2 Å². The number of aromatic nitrogens is 3. The van der Waals surface area contributed by atoms with Crippen molar-refractivity contribution >= 4 is 40.7 Å². The van der Waals surface area contributed by atoms with Crippen molar-refractivity contribution in [1.29, 1.82) is 0 Å². The number of rotatable bonds is 5. The molecule has 0 bridgehead atoms. The van der Waals surface area contributed by atoms with Gasteiger partial charge in [0.1, 0.15) is 6.33 Å². The molecular formula is C19H20N6OS2. The molecule has 0 saturated heterocycles. The fourth-order valence-corrected chi connectivity index (χ4v) is 3.36. The van der Waals surface area contributed by atoms with Crippen LogP contribution in [0.5, 0.6) is 0 Å². The third-order valence-corrected chi connectivity index (χ3v) is 5.25. The second-order valence-electron chi connectivity index (χ2n) is 6.06. The van der Waals surface area contributed by atoms with Crippen molar-refractivity contribution in [2.75, 3.05) is 5.32 Å². The Hall–Kier alpha value is -2.91. The van der Waals surface area contributed by atoms with Crippen molar-refractivity contribution in [1.82, 2.24) is 25.6 Å². The molecule has 1 aromatic heterocycles. The van der Waals surface area contributed by atoms with Gasteiger partial charge < -0.3 is 9.88 Å². The molecule has 2 aromatic carbocycles. The highest BCUT2D eigenvalue weighted by Gasteiger charge is 2.08. The number of hydrazine groups is 1. The fraction of sp³-hybridized carbons (Fsp3) is 0.158. The van der Waals surface area contributed by atoms with Gasteiger partial charge in [0, 0.05) is 24.1 Å². The summed E-state index contributed by atoms with van der Waals surface area (Å²) in [5.41, 5.74) is 8.90. The Labute approximate surface area is 172 Å². The first-order valence-corrected chi connectivity index (χ1v) is 9.91. The Morgan fingerprint density at radius 2 is 1.89 bits per heavy atom. The Kier molecular flexibility index (Phi) is 6.62. The van der Waals surface area contributed by atoms with Gasteiger partial charge in [-0.15, -0.1) is 10.2 Å². The van der Waals surface area contributed by atoms with Gasteiger partial charge in [-0.1, -0.05) is 42.1 Å². The maximum atomic E-state index is 12.3. The molecule has 0 fully saturated rings. The van der Waals surface area contributed by atoms with Crippen LogP contribution in [0.3, 0.4) is 0 Å². The summed E-state index contributed by atoms with van der Waals surface area (Å²) >= 11 is 6.80. The van der Waals surface area contributed by atoms with E-state index >= 15 is 0 Å². The van der Waals surface area contributed by atoms with Gasteiger partial charge in [-0.05, 0) is 48.5 Å². The number of carbonyl (C=O) groups excluding carboxylic acids is 1. The zero-order valence-electron chi connectivity index (χ0n) is 15.5. The summed E-state index contributed by atoms with van der Waals surface area (Å²) < 4.78 is 1.87. The van der Waals surface area contributed by atoms with Crippen LogP contribution in [-0.4, -0.2) is 25.8 Å². The largest absolute Gasteiger partial charge is 0.331 e. The van der Waals surface area contributed by atoms with Crippen LogP contribution >= 0.6 is 24.0 Å². The van der Waals surface area contributed by atoms with Gasteiger partial charge in [0.15, 0.2) is 10.3 Å². The number of aryl methyl sites for hydroxylation is 2. The molecule has 7 nitrogen and oxygen atoms in total. The number of hydrogen-bond acceptors (Lipinski definition) is 5. The van der Waals surface area contributed by atoms with E-state index in [2.05, 4.69) is 26.4 Å². The number of benzene rings is 2. The number of nitrogens with one attached hydrogen (secondary N) is 3. The molecule has 3 aromatic rings. The third kappa shape index (κ3) is 5.30. The molecule has 0 radical (unpaired) electrons. The molecule has 0 spiro atoms. The molecule has 3 N–H and O–H groups in total. The van der Waals surface area contributed by atoms with Crippen LogP contribution in [0.2, 0.25) is 0 Å². The van der Waals surface area contributed by atoms with E-state index in [-0.39, 0.29) is 5.91 Å². The van der Waals surface area contributed by atoms with E-state index in [0.29, 0.717) is 10.7 Å². The lowest BCUT2D eigenvalue weighted by molar-refractivity contribution is 0.0944. The van der Waals surface area contributed by atoms with Gasteiger partial charge in [0.2, 0.25) is 0 Å². The lowest BCUT2D eigenvalue weighted by Gasteiger charge is -2.13. The van der Waals surface area contributed by atoms with Crippen LogP contribution in [0.1, 0.15) is 21.5 Å². The summed E-state index contributed by atoms with van der Waals surface area (Å²) in [6, 6.07) is 15.2. The van der Waals surface area contributed by atoms with E-state index < -0.39 is 0 Å². The van der Waals surface area contributed by atoms with Crippen LogP contribution in [0.15, 0.2) is 60.0 Å². The van der Waals surface area contributed by atoms with Crippen molar-refractivity contribution in [3.05, 3.63) is 71.5 Å². The lowest BCUT2D eigenvalue weighted by atomic mass is 10.1. The summed E-state index contributed by atoms with van der Waals surface area (Å²) in [4.78, 5) is 12.3. The Morgan fingerprint density at radius 1 is 1.14 bits per heavy atom. The van der Waals surface area contributed by atoms with E-state index in [0.717, 1.165) is 27.7 Å². The summed E-state index contributed by atoms with van der Waals surface area (Å²) in [5.74, 6) is 0.485. The van der Waals surface area contributed by atoms with Crippen LogP contribution in [0.25, 0.3) is 0 Å². The molecule has 0 aliphatic heterocycles. The predicted molar refractivity (Wildman–Crippen MR) is 115 cm³/mol. The first kappa shape index (κ1) is 19.8. The van der Waals surface area contributed by atoms with Crippen molar-refractivity contribution < 1.29 is 4.79 Å². The second kappa shape index (κ2) is 9.34. The molecule has 0 atom stereocenters. The van der Waals surface area contributed by atoms with E-state index in [1.807, 2.05) is 54.9 Å². The summed E-state index contributed by atoms with van der Waals surface area (Å²) in [7, 11) is 1.90. The van der Waals surface area contributed by atoms with Gasteiger partial charge in [0.25, 0.3) is 5.91 Å². The maximum absolute atomic E-state index is 12.3. The van der Waals surface area contributed by atoms with Gasteiger partial charge in [0.05, 0.1) is 0 Å². The van der Waals surface area contributed by atoms with E-state index in [4.69, 9.17) is 12.2 Å². The number of para-hydroxylation sites is 1. The summed E-state index contributed by atoms with van der Waals surface area (Å²) in [6.45, 7) is 1.98. The van der Waals surface area contributed by atoms with Crippen molar-refractivity contribution in [2.24, 2.45) is 7.05 Å². The number of carbonyl (C=O) groups is 1. The molecule has 3 rings (SSSR count). The summed E-state index contributed by atoms with van der Waals surface area (Å²) in [6.07, 6.45) is 1.67. The zero-order chi connectivity index (χ0) is 19.9. The van der Waals surface area contributed by atoms with Crippen LogP contribution in [0.4, 0.5) is 5.69 Å². The SMILES string of the molecule is Cc1ccccc1NC(=S)NNC(=O)c1ccc(CSc2nncn2C)cc1. The normalized spacial score (nSPS) is 10.4. The van der Waals surface area contributed by atoms with Crippen LogP contribution in [0, 0.1) is 6.92 Å². The quantitative estimate of drug-likeness (QED) is 0.337. The minimum Gasteiger partial charge on any atom is -0.331 e. The van der Waals surface area contributed by atoms with Gasteiger partial charge >= 0.3 is 0 Å². The summed E-state index contributed by atoms with van der Waals surface area (Å²) in [5, 5.41) is 12.1. The first-order valence-electron chi connectivity index (χ1n) is 8.51. The molecule has 9 heteroatoms. The van der Waals surface area contributed by atoms with Crippen molar-refractivity contribution in [3.63, 3.8) is 0 Å². The fourth-order valence-electron chi connectivity index (χ4n) is 2.36. The number of thioether (sulfide) groups is 1. The van der Waals surface area contributed by atoms with Gasteiger partial charge in [-0.25, -0.2) is 0 Å². The highest BCUT2D eigenvalue weighted by Crippen LogP contribution is 2.20. The van der Waals surface area contributed by atoms with Crippen molar-refractivity contribution in [3.8, 4) is 0 Å². The van der Waals surface area contributed by atoms with Crippen LogP contribution in [-0.2, 0) is 12.8 Å². The Bertz CT molecular complexity index is 971. The minimum atomic E-state index is -0.263. The molecule has 0 aliphatic carbocycles. The number of nitrogens with zero attached hydrogens (tertiary/aromatic N) is 3. The monoisotopic (exact) mass is 412 g/mol. The van der Waals surface area contributed by atoms with Gasteiger partial charge in [-0.2, -0.15) is 0 Å². The van der Waals surface area contributed by atoms with E-state index in [9.17, 15) is 4.79 Å². The second-order valence-corrected chi connectivity index (χ2v) is 7.41. The Morgan fingerprint density at radius 3 is 2.57 bits per heavy atom. The molecular weight excluding hydrogens is 392 g/mol. The highest BCUT2D eigenvalue weighted by molar-refractivity contribution is 7.98. The topological polar surface area (TPSA) is 83.9 Å². The average Bonchev–Trinajstić information content (AvgIpc) is 3.11. The number of thiocarbonyl (C=S) groups is 1. The number of hydrogen-bond donors (Lipinski definition) is 3. The predicted octanol–water partition coefficient (Wildman–Crippen LogP) is 3.05. The molecule has 28 heavy (non-hydrogen) atoms. The highest BCUT2D eigenvalue weighted by atomic mass is 32.2. The zero-order valence-corrected chi connectivity index (χ0v) is 17.1. The smallest absolute Gasteiger partial charge is 0.269 e. The molecule has 0 saturated carbocycles. The minimum absolute atomic E-state index is 0.263. The van der Waals surface area contributed by atoms with Crippen molar-refractivity contribution in [2.45, 2.75) is 17.8 Å². The number of amides is 1. The van der Waals surface area contributed by atoms with Crippen LogP contribution < -0.4 is 16.2 Å².